The van der Waals surface area contributed by atoms with Crippen molar-refractivity contribution in [2.45, 2.75) is 50.0 Å². The van der Waals surface area contributed by atoms with Crippen LogP contribution in [0.4, 0.5) is 0 Å². The molecule has 0 aliphatic rings. The normalized spacial score (nSPS) is 6.81. The van der Waals surface area contributed by atoms with Crippen molar-refractivity contribution in [1.82, 2.24) is 0 Å². The molecule has 0 bridgehead atoms. The van der Waals surface area contributed by atoms with E-state index in [4.69, 9.17) is 11.5 Å². The maximum absolute atomic E-state index is 5.03. The summed E-state index contributed by atoms with van der Waals surface area (Å²) in [4.78, 5) is 0. The lowest BCUT2D eigenvalue weighted by atomic mass is 10.2. The van der Waals surface area contributed by atoms with Crippen LogP contribution in [0.1, 0.15) is 61.1 Å². The fourth-order valence-corrected chi connectivity index (χ4v) is 1.18. The molecule has 0 fully saturated rings. The van der Waals surface area contributed by atoms with Crippen molar-refractivity contribution in [3.05, 3.63) is 84.9 Å². The zero-order valence-corrected chi connectivity index (χ0v) is 14.6. The van der Waals surface area contributed by atoms with Crippen molar-refractivity contribution in [2.24, 2.45) is 11.5 Å². The van der Waals surface area contributed by atoms with Gasteiger partial charge >= 0.3 is 0 Å². The van der Waals surface area contributed by atoms with E-state index in [0.29, 0.717) is 0 Å². The fraction of sp³-hybridized carbons (Fsp3) is 0.360. The van der Waals surface area contributed by atoms with Crippen LogP contribution in [0.2, 0.25) is 0 Å². The standard InChI is InChI=1S/2C8H8.C3H9N.C2H7N.4CH4/c2*1-2-8-6-4-3-5-7-8;1-2-3-4;1-2-3;;;;/h2*2-7H,1H2;2-4H2,1H3;2-3H2,1H3;4*1H4. The monoisotopic (exact) mass is 376 g/mol. The third-order valence-electron chi connectivity index (χ3n) is 2.36. The summed E-state index contributed by atoms with van der Waals surface area (Å²) < 4.78 is 0. The molecule has 158 valence electrons. The summed E-state index contributed by atoms with van der Waals surface area (Å²) in [6.45, 7) is 12.8. The minimum absolute atomic E-state index is 0. The van der Waals surface area contributed by atoms with E-state index >= 15 is 0 Å². The zero-order valence-electron chi connectivity index (χ0n) is 14.6. The summed E-state index contributed by atoms with van der Waals surface area (Å²) in [7, 11) is 0. The third kappa shape index (κ3) is 32.0. The molecule has 0 amide bonds. The van der Waals surface area contributed by atoms with Crippen molar-refractivity contribution in [1.29, 1.82) is 0 Å². The summed E-state index contributed by atoms with van der Waals surface area (Å²) in [6, 6.07) is 20.1. The summed E-state index contributed by atoms with van der Waals surface area (Å²) >= 11 is 0. The maximum Gasteiger partial charge on any atom is -0.00799 e. The predicted molar refractivity (Wildman–Crippen MR) is 134 cm³/mol. The average molecular weight is 377 g/mol. The molecule has 0 aromatic heterocycles. The van der Waals surface area contributed by atoms with Gasteiger partial charge in [0, 0.05) is 0 Å². The van der Waals surface area contributed by atoms with E-state index in [0.717, 1.165) is 19.5 Å². The van der Waals surface area contributed by atoms with Crippen LogP contribution in [0.15, 0.2) is 73.8 Å². The Morgan fingerprint density at radius 2 is 0.889 bits per heavy atom. The summed E-state index contributed by atoms with van der Waals surface area (Å²) in [5, 5.41) is 0. The Morgan fingerprint density at radius 3 is 1.00 bits per heavy atom. The SMILES string of the molecule is C.C.C.C.C=Cc1ccccc1.C=Cc1ccccc1.CCCN.CCN. The molecular weight excluding hydrogens is 328 g/mol. The van der Waals surface area contributed by atoms with Crippen molar-refractivity contribution >= 4 is 12.2 Å². The van der Waals surface area contributed by atoms with Gasteiger partial charge in [0.25, 0.3) is 0 Å². The molecule has 4 N–H and O–H groups in total. The zero-order chi connectivity index (χ0) is 17.8. The van der Waals surface area contributed by atoms with Crippen LogP contribution in [0, 0.1) is 0 Å². The predicted octanol–water partition coefficient (Wildman–Crippen LogP) is 7.52. The molecule has 0 saturated carbocycles. The van der Waals surface area contributed by atoms with E-state index in [1.165, 1.54) is 11.1 Å². The second-order valence-corrected chi connectivity index (χ2v) is 4.43. The smallest absolute Gasteiger partial charge is 0.00799 e. The lowest BCUT2D eigenvalue weighted by molar-refractivity contribution is 0.932. The Morgan fingerprint density at radius 1 is 0.667 bits per heavy atom. The third-order valence-corrected chi connectivity index (χ3v) is 2.36. The lowest BCUT2D eigenvalue weighted by Crippen LogP contribution is -1.93. The molecule has 0 atom stereocenters. The average Bonchev–Trinajstić information content (AvgIpc) is 2.64. The van der Waals surface area contributed by atoms with Crippen LogP contribution in [-0.2, 0) is 0 Å². The molecule has 0 saturated heterocycles. The number of benzene rings is 2. The number of hydrogen-bond acceptors (Lipinski definition) is 2. The summed E-state index contributed by atoms with van der Waals surface area (Å²) in [6.07, 6.45) is 4.76. The number of nitrogens with two attached hydrogens (primary N) is 2. The van der Waals surface area contributed by atoms with Gasteiger partial charge in [-0.05, 0) is 30.6 Å². The Bertz CT molecular complexity index is 419. The van der Waals surface area contributed by atoms with Crippen molar-refractivity contribution < 1.29 is 0 Å². The van der Waals surface area contributed by atoms with Crippen molar-refractivity contribution in [2.75, 3.05) is 13.1 Å². The van der Waals surface area contributed by atoms with Gasteiger partial charge < -0.3 is 11.5 Å². The highest BCUT2D eigenvalue weighted by Gasteiger charge is 1.76. The molecule has 2 aromatic carbocycles. The largest absolute Gasteiger partial charge is 0.331 e. The first-order valence-electron chi connectivity index (χ1n) is 7.95. The molecular formula is C25H48N2. The molecule has 0 unspecified atom stereocenters. The van der Waals surface area contributed by atoms with Gasteiger partial charge in [0.15, 0.2) is 0 Å². The Kier molecular flexibility index (Phi) is 51.6. The van der Waals surface area contributed by atoms with Crippen molar-refractivity contribution in [3.8, 4) is 0 Å². The second kappa shape index (κ2) is 35.0. The topological polar surface area (TPSA) is 52.0 Å². The highest BCUT2D eigenvalue weighted by Crippen LogP contribution is 1.98. The Balaban J connectivity index is -0.0000000554. The van der Waals surface area contributed by atoms with Gasteiger partial charge in [-0.25, -0.2) is 0 Å². The molecule has 2 nitrogen and oxygen atoms in total. The fourth-order valence-electron chi connectivity index (χ4n) is 1.18. The maximum atomic E-state index is 5.03. The number of rotatable bonds is 3. The Hall–Kier alpha value is -2.16. The number of hydrogen-bond donors (Lipinski definition) is 2. The molecule has 0 radical (unpaired) electrons. The highest BCUT2D eigenvalue weighted by molar-refractivity contribution is 5.46. The van der Waals surface area contributed by atoms with Gasteiger partial charge in [0.2, 0.25) is 0 Å². The molecule has 0 heterocycles. The van der Waals surface area contributed by atoms with E-state index in [9.17, 15) is 0 Å². The van der Waals surface area contributed by atoms with Crippen LogP contribution in [0.25, 0.3) is 12.2 Å². The van der Waals surface area contributed by atoms with E-state index in [1.54, 1.807) is 0 Å². The first kappa shape index (κ1) is 39.8. The van der Waals surface area contributed by atoms with Gasteiger partial charge in [-0.1, -0.05) is 130 Å². The summed E-state index contributed by atoms with van der Waals surface area (Å²) in [5.41, 5.74) is 12.2. The Labute approximate surface area is 172 Å². The molecule has 2 heteroatoms. The van der Waals surface area contributed by atoms with E-state index < -0.39 is 0 Å². The van der Waals surface area contributed by atoms with Crippen molar-refractivity contribution in [3.63, 3.8) is 0 Å². The molecule has 27 heavy (non-hydrogen) atoms. The molecule has 0 spiro atoms. The molecule has 2 rings (SSSR count). The first-order chi connectivity index (χ1) is 11.2. The minimum atomic E-state index is 0. The van der Waals surface area contributed by atoms with Crippen LogP contribution in [-0.4, -0.2) is 13.1 Å². The van der Waals surface area contributed by atoms with Crippen LogP contribution in [0.5, 0.6) is 0 Å². The van der Waals surface area contributed by atoms with E-state index in [2.05, 4.69) is 20.1 Å². The van der Waals surface area contributed by atoms with E-state index in [-0.39, 0.29) is 29.7 Å². The second-order valence-electron chi connectivity index (χ2n) is 4.43. The minimum Gasteiger partial charge on any atom is -0.331 e. The quantitative estimate of drug-likeness (QED) is 0.581. The van der Waals surface area contributed by atoms with Gasteiger partial charge in [0.1, 0.15) is 0 Å². The van der Waals surface area contributed by atoms with Crippen LogP contribution in [0.3, 0.4) is 0 Å². The van der Waals surface area contributed by atoms with Gasteiger partial charge in [-0.3, -0.25) is 0 Å². The molecule has 2 aromatic rings. The molecule has 0 aliphatic carbocycles. The molecule has 0 aliphatic heterocycles. The first-order valence-corrected chi connectivity index (χ1v) is 7.95. The van der Waals surface area contributed by atoms with Gasteiger partial charge in [-0.15, -0.1) is 0 Å². The highest BCUT2D eigenvalue weighted by atomic mass is 14.5. The van der Waals surface area contributed by atoms with Crippen LogP contribution >= 0.6 is 0 Å². The van der Waals surface area contributed by atoms with Gasteiger partial charge in [0.05, 0.1) is 0 Å². The summed E-state index contributed by atoms with van der Waals surface area (Å²) in [5.74, 6) is 0. The van der Waals surface area contributed by atoms with Crippen LogP contribution < -0.4 is 11.5 Å². The van der Waals surface area contributed by atoms with E-state index in [1.807, 2.05) is 79.7 Å². The van der Waals surface area contributed by atoms with Gasteiger partial charge in [-0.2, -0.15) is 0 Å². The lowest BCUT2D eigenvalue weighted by Gasteiger charge is -1.85.